The number of benzene rings is 9. The highest BCUT2D eigenvalue weighted by molar-refractivity contribution is 6.17. The zero-order valence-electron chi connectivity index (χ0n) is 33.5. The van der Waals surface area contributed by atoms with Crippen molar-refractivity contribution in [2.45, 2.75) is 0 Å². The molecule has 0 aliphatic heterocycles. The third-order valence-corrected chi connectivity index (χ3v) is 12.6. The van der Waals surface area contributed by atoms with Crippen LogP contribution in [-0.4, -0.2) is 4.40 Å². The molecule has 0 unspecified atom stereocenters. The molecule has 0 aliphatic carbocycles. The minimum Gasteiger partial charge on any atom is -0.456 e. The number of nitrogens with zero attached hydrogens (tertiary/aromatic N) is 2. The van der Waals surface area contributed by atoms with Crippen molar-refractivity contribution in [1.82, 2.24) is 4.40 Å². The van der Waals surface area contributed by atoms with Crippen LogP contribution >= 0.6 is 0 Å². The number of aromatic nitrogens is 1. The Balaban J connectivity index is 0.953. The second-order valence-electron chi connectivity index (χ2n) is 16.1. The van der Waals surface area contributed by atoms with Crippen molar-refractivity contribution in [3.05, 3.63) is 219 Å². The van der Waals surface area contributed by atoms with Crippen molar-refractivity contribution in [3.63, 3.8) is 0 Å². The molecular weight excluding hydrogens is 757 g/mol. The van der Waals surface area contributed by atoms with E-state index < -0.39 is 0 Å². The van der Waals surface area contributed by atoms with E-state index in [1.54, 1.807) is 0 Å². The summed E-state index contributed by atoms with van der Waals surface area (Å²) in [6, 6.07) is 75.8. The fourth-order valence-corrected chi connectivity index (χ4v) is 9.78. The SMILES string of the molecule is c1ccc(-c2c3ccccc3n3ccc4c(-c5cccc(-c6cccc(N(c7ccc8c(c7)oc7ccccc78)c7ccc8c(c7)oc7ccccc78)c6)c5)cccc4c23)cc1. The molecule has 0 saturated heterocycles. The Hall–Kier alpha value is -8.34. The van der Waals surface area contributed by atoms with Crippen LogP contribution < -0.4 is 4.90 Å². The van der Waals surface area contributed by atoms with Crippen LogP contribution in [0.4, 0.5) is 17.1 Å². The summed E-state index contributed by atoms with van der Waals surface area (Å²) < 4.78 is 15.2. The van der Waals surface area contributed by atoms with E-state index in [1.165, 1.54) is 49.4 Å². The van der Waals surface area contributed by atoms with Gasteiger partial charge in [-0.2, -0.15) is 0 Å². The van der Waals surface area contributed by atoms with E-state index in [4.69, 9.17) is 8.83 Å². The predicted octanol–water partition coefficient (Wildman–Crippen LogP) is 16.5. The number of para-hydroxylation sites is 3. The monoisotopic (exact) mass is 792 g/mol. The molecule has 13 rings (SSSR count). The number of anilines is 3. The summed E-state index contributed by atoms with van der Waals surface area (Å²) in [5, 5.41) is 8.12. The third kappa shape index (κ3) is 5.33. The van der Waals surface area contributed by atoms with Crippen molar-refractivity contribution in [3.8, 4) is 33.4 Å². The van der Waals surface area contributed by atoms with E-state index in [0.717, 1.165) is 72.1 Å². The van der Waals surface area contributed by atoms with Crippen LogP contribution in [0.1, 0.15) is 0 Å². The van der Waals surface area contributed by atoms with Crippen molar-refractivity contribution >= 4 is 88.1 Å². The fourth-order valence-electron chi connectivity index (χ4n) is 9.78. The second-order valence-corrected chi connectivity index (χ2v) is 16.1. The molecule has 9 aromatic carbocycles. The first-order valence-corrected chi connectivity index (χ1v) is 21.1. The van der Waals surface area contributed by atoms with Gasteiger partial charge in [0.05, 0.1) is 11.0 Å². The first kappa shape index (κ1) is 34.5. The zero-order chi connectivity index (χ0) is 40.7. The van der Waals surface area contributed by atoms with Gasteiger partial charge in [-0.3, -0.25) is 0 Å². The number of pyridine rings is 1. The van der Waals surface area contributed by atoms with E-state index in [2.05, 4.69) is 204 Å². The van der Waals surface area contributed by atoms with Crippen LogP contribution in [0.25, 0.3) is 104 Å². The number of rotatable bonds is 6. The van der Waals surface area contributed by atoms with Gasteiger partial charge in [0.15, 0.2) is 0 Å². The van der Waals surface area contributed by atoms with Gasteiger partial charge in [-0.05, 0) is 99.9 Å². The lowest BCUT2D eigenvalue weighted by Gasteiger charge is -2.26. The standard InChI is InChI=1S/C58H36N2O2/c1-2-13-37(14-3-1)57-51-21-4-7-24-52(51)59-32-31-45-44(22-12-23-50(45)58(57)59)40-17-10-15-38(33-40)39-16-11-18-41(34-39)60(42-27-29-48-46-19-5-8-25-53(46)61-55(48)35-42)43-28-30-49-47-20-6-9-26-54(47)62-56(49)36-43/h1-36H. The molecule has 290 valence electrons. The molecule has 4 nitrogen and oxygen atoms in total. The lowest BCUT2D eigenvalue weighted by molar-refractivity contribution is 0.669. The zero-order valence-corrected chi connectivity index (χ0v) is 33.5. The van der Waals surface area contributed by atoms with Crippen molar-refractivity contribution in [1.29, 1.82) is 0 Å². The third-order valence-electron chi connectivity index (χ3n) is 12.6. The highest BCUT2D eigenvalue weighted by atomic mass is 16.3. The summed E-state index contributed by atoms with van der Waals surface area (Å²) >= 11 is 0. The Morgan fingerprint density at radius 2 is 0.855 bits per heavy atom. The van der Waals surface area contributed by atoms with Gasteiger partial charge >= 0.3 is 0 Å². The van der Waals surface area contributed by atoms with Gasteiger partial charge in [0.1, 0.15) is 22.3 Å². The van der Waals surface area contributed by atoms with Crippen LogP contribution in [0, 0.1) is 0 Å². The lowest BCUT2D eigenvalue weighted by atomic mass is 9.94. The molecule has 0 radical (unpaired) electrons. The normalized spacial score (nSPS) is 11.9. The van der Waals surface area contributed by atoms with Crippen LogP contribution in [0.3, 0.4) is 0 Å². The Morgan fingerprint density at radius 3 is 1.58 bits per heavy atom. The summed E-state index contributed by atoms with van der Waals surface area (Å²) in [5.74, 6) is 0. The predicted molar refractivity (Wildman–Crippen MR) is 258 cm³/mol. The number of furan rings is 2. The molecule has 62 heavy (non-hydrogen) atoms. The summed E-state index contributed by atoms with van der Waals surface area (Å²) in [6.45, 7) is 0. The van der Waals surface area contributed by atoms with E-state index in [9.17, 15) is 0 Å². The Bertz CT molecular complexity index is 3770. The Labute approximate surface area is 356 Å². The molecule has 4 heterocycles. The van der Waals surface area contributed by atoms with Gasteiger partial charge in [-0.25, -0.2) is 0 Å². The van der Waals surface area contributed by atoms with Crippen LogP contribution in [0.2, 0.25) is 0 Å². The number of fused-ring (bicyclic) bond motifs is 11. The van der Waals surface area contributed by atoms with Gasteiger partial charge < -0.3 is 18.1 Å². The molecule has 0 atom stereocenters. The molecule has 0 amide bonds. The highest BCUT2D eigenvalue weighted by Crippen LogP contribution is 2.44. The molecule has 0 N–H and O–H groups in total. The summed E-state index contributed by atoms with van der Waals surface area (Å²) in [5.41, 5.74) is 16.0. The van der Waals surface area contributed by atoms with E-state index in [0.29, 0.717) is 0 Å². The molecule has 0 aliphatic rings. The van der Waals surface area contributed by atoms with Crippen LogP contribution in [-0.2, 0) is 0 Å². The quantitative estimate of drug-likeness (QED) is 0.168. The van der Waals surface area contributed by atoms with E-state index in [1.807, 2.05) is 24.3 Å². The molecule has 4 heteroatoms. The Kier molecular flexibility index (Phi) is 7.57. The van der Waals surface area contributed by atoms with Gasteiger partial charge in [0.25, 0.3) is 0 Å². The van der Waals surface area contributed by atoms with Gasteiger partial charge in [-0.15, -0.1) is 0 Å². The van der Waals surface area contributed by atoms with E-state index >= 15 is 0 Å². The smallest absolute Gasteiger partial charge is 0.137 e. The maximum Gasteiger partial charge on any atom is 0.137 e. The number of hydrogen-bond acceptors (Lipinski definition) is 3. The lowest BCUT2D eigenvalue weighted by Crippen LogP contribution is -2.09. The van der Waals surface area contributed by atoms with E-state index in [-0.39, 0.29) is 0 Å². The second kappa shape index (κ2) is 13.6. The van der Waals surface area contributed by atoms with Crippen molar-refractivity contribution < 1.29 is 8.83 Å². The first-order chi connectivity index (χ1) is 30.7. The fraction of sp³-hybridized carbons (Fsp3) is 0. The van der Waals surface area contributed by atoms with Crippen molar-refractivity contribution in [2.75, 3.05) is 4.90 Å². The Morgan fingerprint density at radius 1 is 0.323 bits per heavy atom. The van der Waals surface area contributed by atoms with Gasteiger partial charge in [0, 0.05) is 73.3 Å². The topological polar surface area (TPSA) is 33.9 Å². The average Bonchev–Trinajstić information content (AvgIpc) is 4.01. The van der Waals surface area contributed by atoms with Crippen molar-refractivity contribution in [2.24, 2.45) is 0 Å². The molecular formula is C58H36N2O2. The van der Waals surface area contributed by atoms with Crippen LogP contribution in [0.15, 0.2) is 227 Å². The molecule has 0 fully saturated rings. The number of hydrogen-bond donors (Lipinski definition) is 0. The molecule has 0 spiro atoms. The minimum absolute atomic E-state index is 0.846. The highest BCUT2D eigenvalue weighted by Gasteiger charge is 2.20. The molecule has 13 aromatic rings. The maximum absolute atomic E-state index is 6.43. The molecule has 4 aromatic heterocycles. The maximum atomic E-state index is 6.43. The van der Waals surface area contributed by atoms with Gasteiger partial charge in [-0.1, -0.05) is 133 Å². The minimum atomic E-state index is 0.846. The summed E-state index contributed by atoms with van der Waals surface area (Å²) in [7, 11) is 0. The first-order valence-electron chi connectivity index (χ1n) is 21.1. The summed E-state index contributed by atoms with van der Waals surface area (Å²) in [4.78, 5) is 2.30. The molecule has 0 bridgehead atoms. The molecule has 0 saturated carbocycles. The van der Waals surface area contributed by atoms with Crippen LogP contribution in [0.5, 0.6) is 0 Å². The van der Waals surface area contributed by atoms with Gasteiger partial charge in [0.2, 0.25) is 0 Å². The average molecular weight is 793 g/mol. The largest absolute Gasteiger partial charge is 0.456 e. The summed E-state index contributed by atoms with van der Waals surface area (Å²) in [6.07, 6.45) is 2.24.